The fraction of sp³-hybridized carbons (Fsp3) is 0.778. The standard InChI is InChI=1S/C9H13N3S/c1-2-9(3-1)4-7(5-9)12-8-10-6-11-13-8/h6-7H,1-5H2,(H,10,11,12). The molecule has 0 aliphatic heterocycles. The number of hydrogen-bond acceptors (Lipinski definition) is 4. The van der Waals surface area contributed by atoms with Crippen LogP contribution in [0.1, 0.15) is 32.1 Å². The second-order valence-electron chi connectivity index (χ2n) is 4.35. The van der Waals surface area contributed by atoms with Crippen LogP contribution in [0.4, 0.5) is 5.13 Å². The van der Waals surface area contributed by atoms with Crippen LogP contribution in [0.5, 0.6) is 0 Å². The average molecular weight is 195 g/mol. The lowest BCUT2D eigenvalue weighted by Gasteiger charge is -2.54. The predicted octanol–water partition coefficient (Wildman–Crippen LogP) is 2.28. The Hall–Kier alpha value is -0.640. The van der Waals surface area contributed by atoms with E-state index in [1.165, 1.54) is 43.6 Å². The molecule has 0 atom stereocenters. The molecule has 0 aromatic carbocycles. The average Bonchev–Trinajstić information content (AvgIpc) is 2.43. The smallest absolute Gasteiger partial charge is 0.202 e. The summed E-state index contributed by atoms with van der Waals surface area (Å²) in [7, 11) is 0. The maximum absolute atomic E-state index is 4.13. The molecule has 2 saturated carbocycles. The second-order valence-corrected chi connectivity index (χ2v) is 5.13. The molecule has 13 heavy (non-hydrogen) atoms. The zero-order valence-electron chi connectivity index (χ0n) is 7.49. The van der Waals surface area contributed by atoms with E-state index >= 15 is 0 Å². The summed E-state index contributed by atoms with van der Waals surface area (Å²) in [6.07, 6.45) is 8.69. The van der Waals surface area contributed by atoms with Crippen molar-refractivity contribution in [3.63, 3.8) is 0 Å². The SMILES string of the molecule is c1nsc(NC2CC3(CCC3)C2)n1. The molecule has 0 radical (unpaired) electrons. The fourth-order valence-corrected chi connectivity index (χ4v) is 3.09. The number of aromatic nitrogens is 2. The first kappa shape index (κ1) is 7.74. The van der Waals surface area contributed by atoms with Gasteiger partial charge in [0.2, 0.25) is 5.13 Å². The zero-order chi connectivity index (χ0) is 8.73. The quantitative estimate of drug-likeness (QED) is 0.786. The van der Waals surface area contributed by atoms with Gasteiger partial charge in [0.25, 0.3) is 0 Å². The van der Waals surface area contributed by atoms with Gasteiger partial charge in [-0.3, -0.25) is 0 Å². The minimum absolute atomic E-state index is 0.674. The third-order valence-electron chi connectivity index (χ3n) is 3.46. The molecule has 2 fully saturated rings. The molecule has 3 nitrogen and oxygen atoms in total. The maximum atomic E-state index is 4.13. The van der Waals surface area contributed by atoms with E-state index in [4.69, 9.17) is 0 Å². The van der Waals surface area contributed by atoms with Crippen LogP contribution in [0, 0.1) is 5.41 Å². The van der Waals surface area contributed by atoms with E-state index in [2.05, 4.69) is 14.7 Å². The summed E-state index contributed by atoms with van der Waals surface area (Å²) >= 11 is 1.45. The Balaban J connectivity index is 1.54. The molecule has 1 aromatic rings. The highest BCUT2D eigenvalue weighted by molar-refractivity contribution is 7.09. The van der Waals surface area contributed by atoms with Crippen LogP contribution < -0.4 is 5.32 Å². The summed E-state index contributed by atoms with van der Waals surface area (Å²) in [5, 5.41) is 4.41. The molecule has 1 aromatic heterocycles. The van der Waals surface area contributed by atoms with Gasteiger partial charge in [0, 0.05) is 17.6 Å². The molecule has 1 heterocycles. The molecule has 2 aliphatic rings. The van der Waals surface area contributed by atoms with Crippen molar-refractivity contribution in [2.24, 2.45) is 5.41 Å². The van der Waals surface area contributed by atoms with E-state index in [1.54, 1.807) is 6.33 Å². The Morgan fingerprint density at radius 3 is 2.85 bits per heavy atom. The van der Waals surface area contributed by atoms with Crippen molar-refractivity contribution in [1.82, 2.24) is 9.36 Å². The Morgan fingerprint density at radius 2 is 2.31 bits per heavy atom. The molecule has 1 N–H and O–H groups in total. The monoisotopic (exact) mass is 195 g/mol. The molecule has 2 aliphatic carbocycles. The second kappa shape index (κ2) is 2.67. The van der Waals surface area contributed by atoms with Crippen molar-refractivity contribution < 1.29 is 0 Å². The van der Waals surface area contributed by atoms with Gasteiger partial charge in [-0.1, -0.05) is 6.42 Å². The van der Waals surface area contributed by atoms with Crippen LogP contribution in [0.2, 0.25) is 0 Å². The van der Waals surface area contributed by atoms with E-state index in [0.717, 1.165) is 10.5 Å². The third-order valence-corrected chi connectivity index (χ3v) is 4.06. The van der Waals surface area contributed by atoms with E-state index in [-0.39, 0.29) is 0 Å². The lowest BCUT2D eigenvalue weighted by Crippen LogP contribution is -2.49. The summed E-state index contributed by atoms with van der Waals surface area (Å²) in [6.45, 7) is 0. The Morgan fingerprint density at radius 1 is 1.46 bits per heavy atom. The zero-order valence-corrected chi connectivity index (χ0v) is 8.31. The van der Waals surface area contributed by atoms with Gasteiger partial charge in [-0.05, 0) is 31.1 Å². The van der Waals surface area contributed by atoms with Gasteiger partial charge in [-0.15, -0.1) is 0 Å². The number of nitrogens with zero attached hydrogens (tertiary/aromatic N) is 2. The first-order valence-electron chi connectivity index (χ1n) is 4.90. The van der Waals surface area contributed by atoms with Crippen LogP contribution in [-0.4, -0.2) is 15.4 Å². The van der Waals surface area contributed by atoms with Gasteiger partial charge in [-0.2, -0.15) is 4.37 Å². The molecular formula is C9H13N3S. The van der Waals surface area contributed by atoms with E-state index < -0.39 is 0 Å². The van der Waals surface area contributed by atoms with Crippen molar-refractivity contribution in [3.05, 3.63) is 6.33 Å². The maximum Gasteiger partial charge on any atom is 0.202 e. The highest BCUT2D eigenvalue weighted by atomic mass is 32.1. The Labute approximate surface area is 81.7 Å². The predicted molar refractivity (Wildman–Crippen MR) is 52.8 cm³/mol. The normalized spacial score (nSPS) is 25.2. The summed E-state index contributed by atoms with van der Waals surface area (Å²) in [4.78, 5) is 4.13. The molecule has 1 spiro atoms. The minimum atomic E-state index is 0.674. The lowest BCUT2D eigenvalue weighted by molar-refractivity contribution is 0.0192. The highest BCUT2D eigenvalue weighted by Crippen LogP contribution is 2.56. The minimum Gasteiger partial charge on any atom is -0.358 e. The highest BCUT2D eigenvalue weighted by Gasteiger charge is 2.48. The molecule has 0 saturated heterocycles. The first-order valence-corrected chi connectivity index (χ1v) is 5.67. The number of nitrogens with one attached hydrogen (secondary N) is 1. The third kappa shape index (κ3) is 1.24. The summed E-state index contributed by atoms with van der Waals surface area (Å²) in [6, 6.07) is 0.674. The van der Waals surface area contributed by atoms with Gasteiger partial charge in [0.15, 0.2) is 0 Å². The largest absolute Gasteiger partial charge is 0.358 e. The van der Waals surface area contributed by atoms with Crippen molar-refractivity contribution in [3.8, 4) is 0 Å². The van der Waals surface area contributed by atoms with Gasteiger partial charge in [0.1, 0.15) is 6.33 Å². The van der Waals surface area contributed by atoms with E-state index in [9.17, 15) is 0 Å². The van der Waals surface area contributed by atoms with Crippen molar-refractivity contribution in [2.45, 2.75) is 38.1 Å². The number of rotatable bonds is 2. The van der Waals surface area contributed by atoms with Crippen LogP contribution in [0.15, 0.2) is 6.33 Å². The molecule has 70 valence electrons. The first-order chi connectivity index (χ1) is 6.36. The van der Waals surface area contributed by atoms with Crippen LogP contribution in [-0.2, 0) is 0 Å². The number of anilines is 1. The van der Waals surface area contributed by atoms with Crippen molar-refractivity contribution >= 4 is 16.7 Å². The van der Waals surface area contributed by atoms with Gasteiger partial charge < -0.3 is 5.32 Å². The molecule has 0 unspecified atom stereocenters. The van der Waals surface area contributed by atoms with Crippen molar-refractivity contribution in [1.29, 1.82) is 0 Å². The summed E-state index contributed by atoms with van der Waals surface area (Å²) in [5.74, 6) is 0. The summed E-state index contributed by atoms with van der Waals surface area (Å²) in [5.41, 5.74) is 0.752. The molecule has 3 rings (SSSR count). The molecular weight excluding hydrogens is 182 g/mol. The van der Waals surface area contributed by atoms with E-state index in [0.29, 0.717) is 6.04 Å². The van der Waals surface area contributed by atoms with Crippen molar-refractivity contribution in [2.75, 3.05) is 5.32 Å². The van der Waals surface area contributed by atoms with Crippen LogP contribution in [0.25, 0.3) is 0 Å². The van der Waals surface area contributed by atoms with Crippen LogP contribution in [0.3, 0.4) is 0 Å². The van der Waals surface area contributed by atoms with Gasteiger partial charge >= 0.3 is 0 Å². The topological polar surface area (TPSA) is 37.8 Å². The lowest BCUT2D eigenvalue weighted by atomic mass is 9.54. The Kier molecular flexibility index (Phi) is 1.59. The molecule has 0 bridgehead atoms. The van der Waals surface area contributed by atoms with Crippen LogP contribution >= 0.6 is 11.5 Å². The molecule has 0 amide bonds. The van der Waals surface area contributed by atoms with E-state index in [1.807, 2.05) is 0 Å². The Bertz CT molecular complexity index is 284. The summed E-state index contributed by atoms with van der Waals surface area (Å²) < 4.78 is 3.97. The fourth-order valence-electron chi connectivity index (χ4n) is 2.58. The van der Waals surface area contributed by atoms with Gasteiger partial charge in [-0.25, -0.2) is 4.98 Å². The number of hydrogen-bond donors (Lipinski definition) is 1. The van der Waals surface area contributed by atoms with Gasteiger partial charge in [0.05, 0.1) is 0 Å². The molecule has 4 heteroatoms.